The first kappa shape index (κ1) is 6.83. The van der Waals surface area contributed by atoms with Crippen molar-refractivity contribution in [3.8, 4) is 0 Å². The first-order valence-corrected chi connectivity index (χ1v) is 3.07. The molecule has 1 saturated heterocycles. The molecule has 2 amide bonds. The minimum atomic E-state index is -0.755. The monoisotopic (exact) mass is 167 g/mol. The van der Waals surface area contributed by atoms with Crippen LogP contribution in [-0.4, -0.2) is 21.6 Å². The largest absolute Gasteiger partial charge is 0.273 e. The second kappa shape index (κ2) is 2.15. The Balaban J connectivity index is 2.77. The van der Waals surface area contributed by atoms with E-state index < -0.39 is 17.2 Å². The van der Waals surface area contributed by atoms with Crippen molar-refractivity contribution in [1.29, 1.82) is 0 Å². The van der Waals surface area contributed by atoms with Gasteiger partial charge in [0.15, 0.2) is 0 Å². The van der Waals surface area contributed by atoms with Crippen molar-refractivity contribution in [3.05, 3.63) is 0 Å². The number of hydrogen-bond acceptors (Lipinski definition) is 2. The third kappa shape index (κ3) is 1.02. The molecular formula is C4H3Cl2NO2. The molecule has 0 bridgehead atoms. The Hall–Kier alpha value is -0.280. The standard InChI is InChI=1S/C4H3Cl2NO2/c5-2-1-3(8)7(6)4(2)9/h2H,1H2. The Morgan fingerprint density at radius 2 is 2.11 bits per heavy atom. The van der Waals surface area contributed by atoms with Gasteiger partial charge < -0.3 is 0 Å². The van der Waals surface area contributed by atoms with Crippen molar-refractivity contribution in [2.24, 2.45) is 0 Å². The Kier molecular flexibility index (Phi) is 1.64. The van der Waals surface area contributed by atoms with Crippen LogP contribution in [0.5, 0.6) is 0 Å². The SMILES string of the molecule is O=C1CC(Cl)C(=O)N1Cl. The highest BCUT2D eigenvalue weighted by molar-refractivity contribution is 6.42. The molecule has 0 aromatic heterocycles. The molecule has 1 atom stereocenters. The van der Waals surface area contributed by atoms with E-state index in [1.54, 1.807) is 0 Å². The van der Waals surface area contributed by atoms with Crippen LogP contribution in [0.1, 0.15) is 6.42 Å². The van der Waals surface area contributed by atoms with Gasteiger partial charge in [0, 0.05) is 11.8 Å². The van der Waals surface area contributed by atoms with E-state index >= 15 is 0 Å². The van der Waals surface area contributed by atoms with Crippen LogP contribution in [0.25, 0.3) is 0 Å². The number of carbonyl (C=O) groups excluding carboxylic acids is 2. The fraction of sp³-hybridized carbons (Fsp3) is 0.500. The average molecular weight is 168 g/mol. The van der Waals surface area contributed by atoms with Crippen molar-refractivity contribution >= 4 is 35.2 Å². The van der Waals surface area contributed by atoms with Gasteiger partial charge in [-0.3, -0.25) is 9.59 Å². The predicted octanol–water partition coefficient (Wildman–Crippen LogP) is 0.506. The summed E-state index contributed by atoms with van der Waals surface area (Å²) in [5.41, 5.74) is 0. The van der Waals surface area contributed by atoms with Crippen LogP contribution >= 0.6 is 23.4 Å². The number of alkyl halides is 1. The number of nitrogens with zero attached hydrogens (tertiary/aromatic N) is 1. The summed E-state index contributed by atoms with van der Waals surface area (Å²) in [7, 11) is 0. The van der Waals surface area contributed by atoms with Gasteiger partial charge in [0.1, 0.15) is 5.38 Å². The molecule has 5 heteroatoms. The van der Waals surface area contributed by atoms with Gasteiger partial charge in [-0.05, 0) is 0 Å². The summed E-state index contributed by atoms with van der Waals surface area (Å²) < 4.78 is 0.525. The van der Waals surface area contributed by atoms with E-state index in [0.717, 1.165) is 0 Å². The number of imide groups is 1. The van der Waals surface area contributed by atoms with Crippen LogP contribution < -0.4 is 0 Å². The minimum Gasteiger partial charge on any atom is -0.273 e. The van der Waals surface area contributed by atoms with E-state index in [9.17, 15) is 9.59 Å². The lowest BCUT2D eigenvalue weighted by atomic mass is 10.4. The molecule has 1 heterocycles. The fourth-order valence-corrected chi connectivity index (χ4v) is 1.03. The van der Waals surface area contributed by atoms with Crippen LogP contribution in [0.2, 0.25) is 0 Å². The van der Waals surface area contributed by atoms with E-state index in [1.165, 1.54) is 0 Å². The third-order valence-electron chi connectivity index (χ3n) is 1.03. The van der Waals surface area contributed by atoms with Gasteiger partial charge in [-0.2, -0.15) is 4.42 Å². The molecule has 1 aliphatic heterocycles. The number of halogens is 2. The summed E-state index contributed by atoms with van der Waals surface area (Å²) in [5.74, 6) is -0.954. The molecule has 0 radical (unpaired) electrons. The number of rotatable bonds is 0. The quantitative estimate of drug-likeness (QED) is 0.300. The highest BCUT2D eigenvalue weighted by Gasteiger charge is 2.36. The Labute approximate surface area is 61.6 Å². The Morgan fingerprint density at radius 1 is 1.56 bits per heavy atom. The van der Waals surface area contributed by atoms with Crippen LogP contribution in [0, 0.1) is 0 Å². The summed E-state index contributed by atoms with van der Waals surface area (Å²) in [6.07, 6.45) is 0.0177. The smallest absolute Gasteiger partial charge is 0.262 e. The van der Waals surface area contributed by atoms with Gasteiger partial charge >= 0.3 is 0 Å². The Morgan fingerprint density at radius 3 is 2.22 bits per heavy atom. The van der Waals surface area contributed by atoms with Crippen molar-refractivity contribution < 1.29 is 9.59 Å². The molecule has 1 aliphatic rings. The van der Waals surface area contributed by atoms with Gasteiger partial charge in [-0.25, -0.2) is 0 Å². The predicted molar refractivity (Wildman–Crippen MR) is 32.0 cm³/mol. The summed E-state index contributed by atoms with van der Waals surface area (Å²) in [6, 6.07) is 0. The van der Waals surface area contributed by atoms with E-state index in [2.05, 4.69) is 0 Å². The van der Waals surface area contributed by atoms with Gasteiger partial charge in [0.05, 0.1) is 6.42 Å². The topological polar surface area (TPSA) is 37.4 Å². The van der Waals surface area contributed by atoms with Crippen LogP contribution in [0.15, 0.2) is 0 Å². The molecule has 1 fully saturated rings. The molecule has 3 nitrogen and oxygen atoms in total. The number of hydrogen-bond donors (Lipinski definition) is 0. The maximum atomic E-state index is 10.6. The third-order valence-corrected chi connectivity index (χ3v) is 1.73. The zero-order valence-corrected chi connectivity index (χ0v) is 5.82. The van der Waals surface area contributed by atoms with E-state index in [1.807, 2.05) is 0 Å². The second-order valence-electron chi connectivity index (χ2n) is 1.68. The first-order chi connectivity index (χ1) is 4.13. The number of carbonyl (C=O) groups is 2. The number of amides is 2. The lowest BCUT2D eigenvalue weighted by Gasteiger charge is -1.97. The van der Waals surface area contributed by atoms with Gasteiger partial charge in [0.2, 0.25) is 5.91 Å². The summed E-state index contributed by atoms with van der Waals surface area (Å²) >= 11 is 10.5. The molecular weight excluding hydrogens is 165 g/mol. The lowest BCUT2D eigenvalue weighted by molar-refractivity contribution is -0.132. The maximum Gasteiger partial charge on any atom is 0.262 e. The molecule has 0 aromatic rings. The fourth-order valence-electron chi connectivity index (χ4n) is 0.567. The van der Waals surface area contributed by atoms with Crippen LogP contribution in [-0.2, 0) is 9.59 Å². The normalized spacial score (nSPS) is 27.8. The molecule has 0 N–H and O–H groups in total. The van der Waals surface area contributed by atoms with Crippen molar-refractivity contribution in [3.63, 3.8) is 0 Å². The van der Waals surface area contributed by atoms with Crippen LogP contribution in [0.3, 0.4) is 0 Å². The zero-order valence-electron chi connectivity index (χ0n) is 4.30. The van der Waals surface area contributed by atoms with E-state index in [0.29, 0.717) is 4.42 Å². The zero-order chi connectivity index (χ0) is 7.02. The van der Waals surface area contributed by atoms with Crippen molar-refractivity contribution in [1.82, 2.24) is 4.42 Å². The second-order valence-corrected chi connectivity index (χ2v) is 2.55. The van der Waals surface area contributed by atoms with Gasteiger partial charge in [-0.15, -0.1) is 11.6 Å². The molecule has 0 spiro atoms. The molecule has 1 rings (SSSR count). The summed E-state index contributed by atoms with van der Waals surface area (Å²) in [6.45, 7) is 0. The minimum absolute atomic E-state index is 0.0177. The van der Waals surface area contributed by atoms with Gasteiger partial charge in [-0.1, -0.05) is 0 Å². The molecule has 0 aliphatic carbocycles. The van der Waals surface area contributed by atoms with E-state index in [-0.39, 0.29) is 6.42 Å². The summed E-state index contributed by atoms with van der Waals surface area (Å²) in [4.78, 5) is 21.0. The van der Waals surface area contributed by atoms with E-state index in [4.69, 9.17) is 23.4 Å². The van der Waals surface area contributed by atoms with Gasteiger partial charge in [0.25, 0.3) is 5.91 Å². The highest BCUT2D eigenvalue weighted by atomic mass is 35.5. The maximum absolute atomic E-state index is 10.6. The highest BCUT2D eigenvalue weighted by Crippen LogP contribution is 2.19. The molecule has 9 heavy (non-hydrogen) atoms. The molecule has 1 unspecified atom stereocenters. The molecule has 0 saturated carbocycles. The molecule has 0 aromatic carbocycles. The van der Waals surface area contributed by atoms with Crippen molar-refractivity contribution in [2.75, 3.05) is 0 Å². The van der Waals surface area contributed by atoms with Crippen molar-refractivity contribution in [2.45, 2.75) is 11.8 Å². The lowest BCUT2D eigenvalue weighted by Crippen LogP contribution is -2.20. The molecule has 50 valence electrons. The summed E-state index contributed by atoms with van der Waals surface area (Å²) in [5, 5.41) is -0.755. The first-order valence-electron chi connectivity index (χ1n) is 2.29. The Bertz CT molecular complexity index is 170. The van der Waals surface area contributed by atoms with Crippen LogP contribution in [0.4, 0.5) is 0 Å². The average Bonchev–Trinajstić information content (AvgIpc) is 1.98.